The third-order valence-corrected chi connectivity index (χ3v) is 4.01. The fourth-order valence-electron chi connectivity index (χ4n) is 2.46. The van der Waals surface area contributed by atoms with Crippen LogP contribution in [0.15, 0.2) is 29.0 Å². The van der Waals surface area contributed by atoms with Crippen molar-refractivity contribution in [2.75, 3.05) is 6.54 Å². The summed E-state index contributed by atoms with van der Waals surface area (Å²) in [6.07, 6.45) is 5.93. The van der Waals surface area contributed by atoms with Crippen LogP contribution >= 0.6 is 15.9 Å². The van der Waals surface area contributed by atoms with E-state index in [1.807, 2.05) is 19.3 Å². The topological polar surface area (TPSA) is 42.7 Å². The second kappa shape index (κ2) is 7.71. The summed E-state index contributed by atoms with van der Waals surface area (Å²) in [4.78, 5) is 4.30. The standard InChI is InChI=1S/C16H23BrN4/c1-4-7-19-15(13-6-8-18-12(3)10-13)16-14(17)11-20-21(16)9-5-2/h6,8,10-11,15,19H,4-5,7,9H2,1-3H3. The lowest BCUT2D eigenvalue weighted by atomic mass is 10.0. The van der Waals surface area contributed by atoms with E-state index in [0.29, 0.717) is 0 Å². The van der Waals surface area contributed by atoms with Gasteiger partial charge in [-0.2, -0.15) is 5.10 Å². The summed E-state index contributed by atoms with van der Waals surface area (Å²) in [6, 6.07) is 4.36. The summed E-state index contributed by atoms with van der Waals surface area (Å²) < 4.78 is 3.15. The van der Waals surface area contributed by atoms with Crippen molar-refractivity contribution in [1.29, 1.82) is 0 Å². The normalized spacial score (nSPS) is 12.6. The Labute approximate surface area is 135 Å². The second-order valence-corrected chi connectivity index (χ2v) is 6.07. The molecule has 0 aliphatic carbocycles. The second-order valence-electron chi connectivity index (χ2n) is 5.22. The summed E-state index contributed by atoms with van der Waals surface area (Å²) in [5.74, 6) is 0. The summed E-state index contributed by atoms with van der Waals surface area (Å²) in [7, 11) is 0. The van der Waals surface area contributed by atoms with Gasteiger partial charge < -0.3 is 5.32 Å². The molecule has 0 saturated heterocycles. The first-order valence-corrected chi connectivity index (χ1v) is 8.33. The molecule has 2 rings (SSSR count). The van der Waals surface area contributed by atoms with Gasteiger partial charge >= 0.3 is 0 Å². The van der Waals surface area contributed by atoms with Crippen molar-refractivity contribution in [2.45, 2.75) is 46.2 Å². The molecule has 2 aromatic rings. The molecule has 114 valence electrons. The SMILES string of the molecule is CCCNC(c1ccnc(C)c1)c1c(Br)cnn1CCC. The van der Waals surface area contributed by atoms with E-state index in [1.165, 1.54) is 11.3 Å². The number of hydrogen-bond acceptors (Lipinski definition) is 3. The summed E-state index contributed by atoms with van der Waals surface area (Å²) in [5, 5.41) is 8.13. The molecule has 4 nitrogen and oxygen atoms in total. The molecule has 1 atom stereocenters. The molecule has 0 amide bonds. The molecule has 0 saturated carbocycles. The van der Waals surface area contributed by atoms with Crippen molar-refractivity contribution in [3.8, 4) is 0 Å². The van der Waals surface area contributed by atoms with Crippen molar-refractivity contribution >= 4 is 15.9 Å². The molecule has 1 unspecified atom stereocenters. The molecule has 0 radical (unpaired) electrons. The highest BCUT2D eigenvalue weighted by atomic mass is 79.9. The first-order chi connectivity index (χ1) is 10.2. The van der Waals surface area contributed by atoms with Gasteiger partial charge in [-0.3, -0.25) is 9.67 Å². The number of hydrogen-bond donors (Lipinski definition) is 1. The van der Waals surface area contributed by atoms with E-state index in [2.05, 4.69) is 62.0 Å². The van der Waals surface area contributed by atoms with Gasteiger partial charge in [-0.1, -0.05) is 13.8 Å². The Morgan fingerprint density at radius 1 is 1.33 bits per heavy atom. The predicted octanol–water partition coefficient (Wildman–Crippen LogP) is 3.85. The van der Waals surface area contributed by atoms with Crippen LogP contribution in [0.3, 0.4) is 0 Å². The number of nitrogens with one attached hydrogen (secondary N) is 1. The maximum Gasteiger partial charge on any atom is 0.0761 e. The first kappa shape index (κ1) is 16.2. The number of halogens is 1. The number of rotatable bonds is 7. The molecule has 0 bridgehead atoms. The zero-order chi connectivity index (χ0) is 15.2. The molecule has 2 aromatic heterocycles. The molecule has 0 aromatic carbocycles. The van der Waals surface area contributed by atoms with Crippen LogP contribution in [0.2, 0.25) is 0 Å². The Kier molecular flexibility index (Phi) is 5.94. The van der Waals surface area contributed by atoms with Crippen molar-refractivity contribution in [2.24, 2.45) is 0 Å². The zero-order valence-electron chi connectivity index (χ0n) is 12.9. The average molecular weight is 351 g/mol. The van der Waals surface area contributed by atoms with Crippen molar-refractivity contribution in [3.63, 3.8) is 0 Å². The first-order valence-electron chi connectivity index (χ1n) is 7.54. The smallest absolute Gasteiger partial charge is 0.0761 e. The predicted molar refractivity (Wildman–Crippen MR) is 89.3 cm³/mol. The Morgan fingerprint density at radius 2 is 2.14 bits per heavy atom. The van der Waals surface area contributed by atoms with Crippen LogP contribution in [0.1, 0.15) is 49.7 Å². The van der Waals surface area contributed by atoms with Gasteiger partial charge in [0.1, 0.15) is 0 Å². The van der Waals surface area contributed by atoms with Crippen LogP contribution < -0.4 is 5.32 Å². The third kappa shape index (κ3) is 3.92. The van der Waals surface area contributed by atoms with E-state index in [9.17, 15) is 0 Å². The van der Waals surface area contributed by atoms with E-state index in [-0.39, 0.29) is 6.04 Å². The van der Waals surface area contributed by atoms with E-state index >= 15 is 0 Å². The maximum atomic E-state index is 4.50. The minimum Gasteiger partial charge on any atom is -0.305 e. The van der Waals surface area contributed by atoms with Gasteiger partial charge in [-0.25, -0.2) is 0 Å². The van der Waals surface area contributed by atoms with E-state index in [1.54, 1.807) is 0 Å². The molecule has 0 aliphatic rings. The summed E-state index contributed by atoms with van der Waals surface area (Å²) >= 11 is 3.66. The van der Waals surface area contributed by atoms with Gasteiger partial charge in [0.2, 0.25) is 0 Å². The Bertz CT molecular complexity index is 579. The lowest BCUT2D eigenvalue weighted by Gasteiger charge is -2.21. The quantitative estimate of drug-likeness (QED) is 0.824. The van der Waals surface area contributed by atoms with Crippen molar-refractivity contribution in [1.82, 2.24) is 20.1 Å². The molecular weight excluding hydrogens is 328 g/mol. The maximum absolute atomic E-state index is 4.50. The third-order valence-electron chi connectivity index (χ3n) is 3.39. The number of nitrogens with zero attached hydrogens (tertiary/aromatic N) is 3. The molecule has 1 N–H and O–H groups in total. The minimum atomic E-state index is 0.134. The van der Waals surface area contributed by atoms with Gasteiger partial charge in [-0.05, 0) is 59.9 Å². The van der Waals surface area contributed by atoms with Crippen LogP contribution in [-0.2, 0) is 6.54 Å². The van der Waals surface area contributed by atoms with Gasteiger partial charge in [-0.15, -0.1) is 0 Å². The van der Waals surface area contributed by atoms with Crippen LogP contribution in [0.4, 0.5) is 0 Å². The Balaban J connectivity index is 2.42. The van der Waals surface area contributed by atoms with Crippen molar-refractivity contribution < 1.29 is 0 Å². The number of aryl methyl sites for hydroxylation is 2. The number of pyridine rings is 1. The number of aromatic nitrogens is 3. The monoisotopic (exact) mass is 350 g/mol. The zero-order valence-corrected chi connectivity index (χ0v) is 14.5. The van der Waals surface area contributed by atoms with Crippen LogP contribution in [-0.4, -0.2) is 21.3 Å². The molecule has 0 fully saturated rings. The van der Waals surface area contributed by atoms with E-state index in [0.717, 1.165) is 36.1 Å². The average Bonchev–Trinajstić information content (AvgIpc) is 2.82. The lowest BCUT2D eigenvalue weighted by Crippen LogP contribution is -2.26. The Morgan fingerprint density at radius 3 is 2.81 bits per heavy atom. The van der Waals surface area contributed by atoms with Crippen LogP contribution in [0, 0.1) is 6.92 Å². The molecular formula is C16H23BrN4. The fraction of sp³-hybridized carbons (Fsp3) is 0.500. The molecule has 5 heteroatoms. The van der Waals surface area contributed by atoms with Gasteiger partial charge in [0.25, 0.3) is 0 Å². The Hall–Kier alpha value is -1.20. The highest BCUT2D eigenvalue weighted by Gasteiger charge is 2.21. The molecule has 2 heterocycles. The lowest BCUT2D eigenvalue weighted by molar-refractivity contribution is 0.510. The largest absolute Gasteiger partial charge is 0.305 e. The van der Waals surface area contributed by atoms with Crippen LogP contribution in [0.5, 0.6) is 0 Å². The van der Waals surface area contributed by atoms with E-state index in [4.69, 9.17) is 0 Å². The fourth-order valence-corrected chi connectivity index (χ4v) is 2.98. The van der Waals surface area contributed by atoms with Gasteiger partial charge in [0.05, 0.1) is 22.4 Å². The van der Waals surface area contributed by atoms with E-state index < -0.39 is 0 Å². The summed E-state index contributed by atoms with van der Waals surface area (Å²) in [5.41, 5.74) is 3.46. The highest BCUT2D eigenvalue weighted by Crippen LogP contribution is 2.29. The minimum absolute atomic E-state index is 0.134. The van der Waals surface area contributed by atoms with Gasteiger partial charge in [0.15, 0.2) is 0 Å². The van der Waals surface area contributed by atoms with Gasteiger partial charge in [0, 0.05) is 18.4 Å². The molecule has 21 heavy (non-hydrogen) atoms. The van der Waals surface area contributed by atoms with Crippen molar-refractivity contribution in [3.05, 3.63) is 46.0 Å². The molecule has 0 spiro atoms. The molecule has 0 aliphatic heterocycles. The summed E-state index contributed by atoms with van der Waals surface area (Å²) in [6.45, 7) is 8.27. The highest BCUT2D eigenvalue weighted by molar-refractivity contribution is 9.10. The van der Waals surface area contributed by atoms with Crippen LogP contribution in [0.25, 0.3) is 0 Å².